The summed E-state index contributed by atoms with van der Waals surface area (Å²) < 4.78 is 6.34. The van der Waals surface area contributed by atoms with Gasteiger partial charge in [-0.15, -0.1) is 0 Å². The molecule has 26 heteroatoms. The molecule has 2 saturated heterocycles. The zero-order valence-corrected chi connectivity index (χ0v) is 46.6. The molecule has 3 aromatic carbocycles. The number of amides is 8. The highest BCUT2D eigenvalue weighted by Gasteiger charge is 2.46. The zero-order chi connectivity index (χ0) is 59.8. The van der Waals surface area contributed by atoms with Crippen LogP contribution in [0.15, 0.2) is 101 Å². The number of aliphatic imine (C=N–C) groups is 2. The van der Waals surface area contributed by atoms with Crippen LogP contribution in [0.1, 0.15) is 75.0 Å². The molecule has 0 radical (unpaired) electrons. The van der Waals surface area contributed by atoms with Gasteiger partial charge in [0.15, 0.2) is 11.9 Å². The van der Waals surface area contributed by atoms with Crippen LogP contribution in [0.3, 0.4) is 0 Å². The fourth-order valence-corrected chi connectivity index (χ4v) is 10.0. The lowest BCUT2D eigenvalue weighted by Gasteiger charge is -2.33. The lowest BCUT2D eigenvalue weighted by Crippen LogP contribution is -2.61. The second kappa shape index (κ2) is 31.9. The van der Waals surface area contributed by atoms with Gasteiger partial charge in [-0.1, -0.05) is 78.9 Å². The number of H-pyrrole nitrogens is 1. The monoisotopic (exact) mass is 1150 g/mol. The van der Waals surface area contributed by atoms with Gasteiger partial charge in [0.1, 0.15) is 48.6 Å². The maximum atomic E-state index is 15.4. The Kier molecular flexibility index (Phi) is 24.3. The first-order chi connectivity index (χ1) is 39.9. The number of rotatable bonds is 20. The predicted molar refractivity (Wildman–Crippen MR) is 310 cm³/mol. The smallest absolute Gasteiger partial charge is 0.246 e. The number of aromatic nitrogens is 1. The van der Waals surface area contributed by atoms with Gasteiger partial charge < -0.3 is 85.3 Å². The highest BCUT2D eigenvalue weighted by molar-refractivity contribution is 5.99. The highest BCUT2D eigenvalue weighted by Crippen LogP contribution is 2.26. The Morgan fingerprint density at radius 3 is 2.04 bits per heavy atom. The topological polar surface area (TPSA) is 421 Å². The summed E-state index contributed by atoms with van der Waals surface area (Å²) in [4.78, 5) is 140. The summed E-state index contributed by atoms with van der Waals surface area (Å²) in [5.41, 5.74) is 31.0. The number of nitrogens with zero attached hydrogens (tertiary/aromatic N) is 3. The van der Waals surface area contributed by atoms with Crippen LogP contribution in [-0.4, -0.2) is 156 Å². The maximum absolute atomic E-state index is 15.4. The van der Waals surface area contributed by atoms with Gasteiger partial charge in [0.25, 0.3) is 0 Å². The highest BCUT2D eigenvalue weighted by atomic mass is 16.5. The molecule has 26 nitrogen and oxygen atoms in total. The summed E-state index contributed by atoms with van der Waals surface area (Å²) in [5, 5.41) is 20.5. The molecule has 2 aliphatic rings. The average molecular weight is 1150 g/mol. The van der Waals surface area contributed by atoms with Gasteiger partial charge in [-0.3, -0.25) is 48.3 Å². The summed E-state index contributed by atoms with van der Waals surface area (Å²) >= 11 is 0. The third-order valence-electron chi connectivity index (χ3n) is 14.3. The number of carbonyl (C=O) groups excluding carboxylic acids is 9. The van der Waals surface area contributed by atoms with Gasteiger partial charge in [0.05, 0.1) is 18.6 Å². The Morgan fingerprint density at radius 2 is 1.36 bits per heavy atom. The molecule has 4 aromatic rings. The molecule has 0 saturated carbocycles. The van der Waals surface area contributed by atoms with E-state index in [1.54, 1.807) is 36.5 Å². The fourth-order valence-electron chi connectivity index (χ4n) is 10.0. The molecule has 0 bridgehead atoms. The van der Waals surface area contributed by atoms with Crippen molar-refractivity contribution in [2.75, 3.05) is 32.7 Å². The third-order valence-corrected chi connectivity index (χ3v) is 14.3. The van der Waals surface area contributed by atoms with Crippen molar-refractivity contribution in [2.24, 2.45) is 44.6 Å². The van der Waals surface area contributed by atoms with E-state index in [2.05, 4.69) is 52.2 Å². The molecule has 6 rings (SSSR count). The van der Waals surface area contributed by atoms with Crippen molar-refractivity contribution in [1.82, 2.24) is 47.1 Å². The fraction of sp³-hybridized carbons (Fsp3) is 0.456. The first-order valence-corrected chi connectivity index (χ1v) is 27.8. The van der Waals surface area contributed by atoms with Crippen LogP contribution < -0.4 is 65.9 Å². The normalized spacial score (nSPS) is 22.8. The predicted octanol–water partition coefficient (Wildman–Crippen LogP) is -1.75. The molecule has 9 atom stereocenters. The summed E-state index contributed by atoms with van der Waals surface area (Å²) in [5.74, 6) is -7.86. The summed E-state index contributed by atoms with van der Waals surface area (Å²) in [6.45, 7) is 1.33. The van der Waals surface area contributed by atoms with Gasteiger partial charge in [-0.05, 0) is 74.2 Å². The number of ether oxygens (including phenoxy) is 1. The molecule has 2 fully saturated rings. The number of nitrogens with two attached hydrogens (primary N) is 5. The first-order valence-electron chi connectivity index (χ1n) is 27.8. The van der Waals surface area contributed by atoms with E-state index in [1.165, 1.54) is 11.8 Å². The summed E-state index contributed by atoms with van der Waals surface area (Å²) in [6, 6.07) is 15.8. The van der Waals surface area contributed by atoms with E-state index in [1.807, 2.05) is 54.6 Å². The molecule has 0 spiro atoms. The Labute approximate surface area is 481 Å². The van der Waals surface area contributed by atoms with Gasteiger partial charge in [0, 0.05) is 69.5 Å². The molecule has 18 N–H and O–H groups in total. The molecule has 0 aliphatic carbocycles. The van der Waals surface area contributed by atoms with Crippen LogP contribution in [0.4, 0.5) is 0 Å². The van der Waals surface area contributed by atoms with Crippen LogP contribution in [0.5, 0.6) is 0 Å². The van der Waals surface area contributed by atoms with Crippen molar-refractivity contribution in [3.05, 3.63) is 108 Å². The largest absolute Gasteiger partial charge is 0.372 e. The number of benzene rings is 3. The molecule has 1 aromatic heterocycles. The van der Waals surface area contributed by atoms with Crippen molar-refractivity contribution in [2.45, 2.75) is 126 Å². The third kappa shape index (κ3) is 19.7. The minimum Gasteiger partial charge on any atom is -0.372 e. The second-order valence-electron chi connectivity index (χ2n) is 20.7. The van der Waals surface area contributed by atoms with E-state index in [4.69, 9.17) is 33.4 Å². The van der Waals surface area contributed by atoms with Crippen molar-refractivity contribution < 1.29 is 47.9 Å². The number of aldehydes is 1. The van der Waals surface area contributed by atoms with Crippen LogP contribution in [0, 0.1) is 5.92 Å². The molecule has 3 heterocycles. The number of hydrogen-bond donors (Lipinski definition) is 13. The summed E-state index contributed by atoms with van der Waals surface area (Å²) in [6.07, 6.45) is 2.29. The Hall–Kier alpha value is -8.91. The molecule has 8 amide bonds. The van der Waals surface area contributed by atoms with Crippen LogP contribution in [0.2, 0.25) is 0 Å². The first kappa shape index (κ1) is 63.3. The molecular formula is C57H78N16O10. The number of nitrogens with one attached hydrogen (secondary N) is 8. The number of aromatic amines is 1. The number of primary amides is 1. The van der Waals surface area contributed by atoms with Crippen molar-refractivity contribution in [1.29, 1.82) is 0 Å². The number of guanidine groups is 2. The van der Waals surface area contributed by atoms with Crippen molar-refractivity contribution in [3.63, 3.8) is 0 Å². The molecule has 1 unspecified atom stereocenters. The van der Waals surface area contributed by atoms with E-state index in [9.17, 15) is 33.6 Å². The number of hydrogen-bond acceptors (Lipinski definition) is 13. The van der Waals surface area contributed by atoms with E-state index in [0.717, 1.165) is 16.5 Å². The van der Waals surface area contributed by atoms with Gasteiger partial charge in [-0.25, -0.2) is 0 Å². The Bertz CT molecular complexity index is 2920. The SMILES string of the molecule is CC(=O)N[C@@H](CCCN=C(N)N)C(=O)N[C@@H]1C(=O)N2C[C@H](OCc3ccccc3)C[C@H]2C(=O)N[C@H](Cc2ccccc2)C(=O)N[C@@H](CCCN=C(N)N)C(=O)N[C@@H](Cc2c[nH]c3ccccc23)C(=O)N[C@H](C(N)=O)CCCCNCC1C=O. The molecule has 2 aliphatic heterocycles. The number of carbonyl (C=O) groups is 9. The van der Waals surface area contributed by atoms with Gasteiger partial charge >= 0.3 is 0 Å². The van der Waals surface area contributed by atoms with E-state index < -0.39 is 102 Å². The van der Waals surface area contributed by atoms with E-state index in [-0.39, 0.29) is 103 Å². The lowest BCUT2D eigenvalue weighted by molar-refractivity contribution is -0.144. The van der Waals surface area contributed by atoms with Crippen LogP contribution >= 0.6 is 0 Å². The Morgan fingerprint density at radius 1 is 0.747 bits per heavy atom. The molecule has 83 heavy (non-hydrogen) atoms. The molecule has 446 valence electrons. The van der Waals surface area contributed by atoms with Crippen molar-refractivity contribution in [3.8, 4) is 0 Å². The van der Waals surface area contributed by atoms with E-state index in [0.29, 0.717) is 30.3 Å². The quantitative estimate of drug-likeness (QED) is 0.0202. The summed E-state index contributed by atoms with van der Waals surface area (Å²) in [7, 11) is 0. The standard InChI is InChI=1S/C57H78N16O10/c1-34(75)67-43(21-12-24-64-56(59)60)51(78)72-48-38(32-74)29-63-23-11-10-20-42(49(58)76)68-53(80)46(27-37-30-66-41-19-9-8-18-40(37)41)70-50(77)44(22-13-25-65-57(61)62)69-52(79)45(26-35-14-4-2-5-15-35)71-54(81)47-28-39(31-73(47)55(48)82)83-33-36-16-6-3-7-17-36/h2-9,14-19,30,32,38-39,42-48,63,66H,10-13,20-29,31,33H2,1H3,(H2,58,76)(H,67,75)(H,68,80)(H,69,79)(H,70,77)(H,71,81)(H,72,78)(H4,59,60,64)(H4,61,62,65)/t38?,39-,42+,43+,44+,45-,46+,47+,48+/m1/s1. The maximum Gasteiger partial charge on any atom is 0.246 e. The van der Waals surface area contributed by atoms with Gasteiger partial charge in [-0.2, -0.15) is 0 Å². The Balaban J connectivity index is 1.41. The zero-order valence-electron chi connectivity index (χ0n) is 46.6. The van der Waals surface area contributed by atoms with Crippen LogP contribution in [-0.2, 0) is 67.3 Å². The molecular weight excluding hydrogens is 1070 g/mol. The second-order valence-corrected chi connectivity index (χ2v) is 20.7. The van der Waals surface area contributed by atoms with E-state index >= 15 is 9.59 Å². The van der Waals surface area contributed by atoms with Crippen molar-refractivity contribution >= 4 is 76.4 Å². The average Bonchev–Trinajstić information content (AvgIpc) is 4.14. The minimum atomic E-state index is -1.64. The lowest BCUT2D eigenvalue weighted by atomic mass is 9.97. The van der Waals surface area contributed by atoms with Gasteiger partial charge in [0.2, 0.25) is 47.3 Å². The van der Waals surface area contributed by atoms with Crippen LogP contribution in [0.25, 0.3) is 10.9 Å². The number of fused-ring (bicyclic) bond motifs is 2. The minimum absolute atomic E-state index is 0.0262. The number of para-hydroxylation sites is 1.